The number of halogens is 3. The minimum absolute atomic E-state index is 0.0394. The molecule has 0 radical (unpaired) electrons. The average molecular weight is 301 g/mol. The van der Waals surface area contributed by atoms with Crippen molar-refractivity contribution in [2.75, 3.05) is 0 Å². The van der Waals surface area contributed by atoms with Crippen LogP contribution >= 0.6 is 11.3 Å². The zero-order valence-corrected chi connectivity index (χ0v) is 12.1. The number of fused-ring (bicyclic) bond motifs is 1. The van der Waals surface area contributed by atoms with Crippen molar-refractivity contribution < 1.29 is 18.3 Å². The molecule has 1 N–H and O–H groups in total. The van der Waals surface area contributed by atoms with Crippen LogP contribution in [0.5, 0.6) is 0 Å². The third-order valence-electron chi connectivity index (χ3n) is 2.82. The fourth-order valence-corrected chi connectivity index (χ4v) is 2.61. The molecule has 20 heavy (non-hydrogen) atoms. The molecule has 2 aromatic rings. The van der Waals surface area contributed by atoms with Gasteiger partial charge in [0.25, 0.3) is 0 Å². The second-order valence-electron chi connectivity index (χ2n) is 5.51. The minimum Gasteiger partial charge on any atom is -0.504 e. The maximum absolute atomic E-state index is 12.3. The molecule has 2 nitrogen and oxygen atoms in total. The lowest BCUT2D eigenvalue weighted by atomic mass is 9.87. The van der Waals surface area contributed by atoms with E-state index in [-0.39, 0.29) is 10.4 Å². The summed E-state index contributed by atoms with van der Waals surface area (Å²) in [6.07, 6.45) is -4.09. The Hall–Kier alpha value is -1.56. The highest BCUT2D eigenvalue weighted by Crippen LogP contribution is 2.31. The van der Waals surface area contributed by atoms with Gasteiger partial charge in [-0.25, -0.2) is 4.98 Å². The molecule has 0 aliphatic rings. The number of alkyl halides is 3. The van der Waals surface area contributed by atoms with E-state index in [4.69, 9.17) is 5.11 Å². The van der Waals surface area contributed by atoms with Crippen molar-refractivity contribution in [1.29, 1.82) is 0 Å². The highest BCUT2D eigenvalue weighted by Gasteiger charge is 2.34. The maximum Gasteiger partial charge on any atom is 0.448 e. The second kappa shape index (κ2) is 4.77. The van der Waals surface area contributed by atoms with E-state index >= 15 is 0 Å². The Morgan fingerprint density at radius 3 is 2.45 bits per heavy atom. The number of allylic oxidation sites excluding steroid dienone is 1. The molecule has 0 saturated carbocycles. The molecule has 0 fully saturated rings. The molecule has 1 aromatic carbocycles. The van der Waals surface area contributed by atoms with Crippen molar-refractivity contribution in [3.05, 3.63) is 34.5 Å². The third kappa shape index (κ3) is 3.12. The number of benzene rings is 1. The second-order valence-corrected chi connectivity index (χ2v) is 6.57. The van der Waals surface area contributed by atoms with Crippen molar-refractivity contribution in [2.45, 2.75) is 32.4 Å². The molecule has 0 saturated heterocycles. The fourth-order valence-electron chi connectivity index (χ4n) is 1.67. The number of aliphatic hydroxyl groups is 1. The summed E-state index contributed by atoms with van der Waals surface area (Å²) in [5.41, 5.74) is 1.68. The number of nitrogens with zero attached hydrogens (tertiary/aromatic N) is 1. The Bertz CT molecular complexity index is 665. The minimum atomic E-state index is -4.74. The monoisotopic (exact) mass is 301 g/mol. The maximum atomic E-state index is 12.3. The molecular formula is C14H14F3NOS. The SMILES string of the molecule is CC(C)(C)c1ccc2nc(/C=C(\O)C(F)(F)F)sc2c1. The predicted octanol–water partition coefficient (Wildman–Crippen LogP) is 5.06. The van der Waals surface area contributed by atoms with Crippen LogP contribution in [0.1, 0.15) is 31.3 Å². The van der Waals surface area contributed by atoms with E-state index in [1.165, 1.54) is 0 Å². The van der Waals surface area contributed by atoms with E-state index in [1.807, 2.05) is 12.1 Å². The molecule has 0 unspecified atom stereocenters. The van der Waals surface area contributed by atoms with Crippen LogP contribution in [0.2, 0.25) is 0 Å². The highest BCUT2D eigenvalue weighted by atomic mass is 32.1. The van der Waals surface area contributed by atoms with Crippen LogP contribution in [0.25, 0.3) is 16.3 Å². The quantitative estimate of drug-likeness (QED) is 0.747. The number of rotatable bonds is 1. The van der Waals surface area contributed by atoms with Crippen molar-refractivity contribution in [3.8, 4) is 0 Å². The highest BCUT2D eigenvalue weighted by molar-refractivity contribution is 7.19. The first-order chi connectivity index (χ1) is 9.07. The predicted molar refractivity (Wildman–Crippen MR) is 75.0 cm³/mol. The molecule has 2 rings (SSSR count). The largest absolute Gasteiger partial charge is 0.504 e. The first-order valence-corrected chi connectivity index (χ1v) is 6.78. The first-order valence-electron chi connectivity index (χ1n) is 5.96. The summed E-state index contributed by atoms with van der Waals surface area (Å²) >= 11 is 1.12. The summed E-state index contributed by atoms with van der Waals surface area (Å²) in [4.78, 5) is 4.07. The van der Waals surface area contributed by atoms with Gasteiger partial charge in [0.05, 0.1) is 10.2 Å². The Labute approximate surface area is 118 Å². The normalized spacial score (nSPS) is 14.0. The number of hydrogen-bond donors (Lipinski definition) is 1. The number of thiazole rings is 1. The van der Waals surface area contributed by atoms with Crippen molar-refractivity contribution in [2.24, 2.45) is 0 Å². The van der Waals surface area contributed by atoms with Crippen LogP contribution in [-0.2, 0) is 5.41 Å². The van der Waals surface area contributed by atoms with E-state index in [0.29, 0.717) is 11.6 Å². The summed E-state index contributed by atoms with van der Waals surface area (Å²) in [5.74, 6) is -1.63. The van der Waals surface area contributed by atoms with Crippen molar-refractivity contribution >= 4 is 27.6 Å². The standard InChI is InChI=1S/C14H14F3NOS/c1-13(2,3)8-4-5-9-10(6-8)20-12(18-9)7-11(19)14(15,16)17/h4-7,19H,1-3H3/b11-7-. The third-order valence-corrected chi connectivity index (χ3v) is 3.79. The van der Waals surface area contributed by atoms with Gasteiger partial charge in [-0.3, -0.25) is 0 Å². The molecule has 6 heteroatoms. The van der Waals surface area contributed by atoms with Crippen LogP contribution in [0, 0.1) is 0 Å². The van der Waals surface area contributed by atoms with E-state index in [1.54, 1.807) is 6.07 Å². The Balaban J connectivity index is 2.45. The van der Waals surface area contributed by atoms with Gasteiger partial charge in [0.1, 0.15) is 5.01 Å². The van der Waals surface area contributed by atoms with Gasteiger partial charge in [0.15, 0.2) is 0 Å². The molecule has 0 aliphatic carbocycles. The molecule has 0 spiro atoms. The van der Waals surface area contributed by atoms with Crippen LogP contribution in [0.3, 0.4) is 0 Å². The summed E-state index contributed by atoms with van der Waals surface area (Å²) < 4.78 is 37.6. The Morgan fingerprint density at radius 2 is 1.90 bits per heavy atom. The lowest BCUT2D eigenvalue weighted by Crippen LogP contribution is -2.10. The Morgan fingerprint density at radius 1 is 1.25 bits per heavy atom. The molecule has 1 heterocycles. The molecule has 0 aliphatic heterocycles. The van der Waals surface area contributed by atoms with Gasteiger partial charge < -0.3 is 5.11 Å². The van der Waals surface area contributed by atoms with Crippen LogP contribution in [-0.4, -0.2) is 16.3 Å². The number of aliphatic hydroxyl groups excluding tert-OH is 1. The van der Waals surface area contributed by atoms with E-state index < -0.39 is 11.9 Å². The molecule has 108 valence electrons. The van der Waals surface area contributed by atoms with Crippen molar-refractivity contribution in [3.63, 3.8) is 0 Å². The molecule has 0 atom stereocenters. The topological polar surface area (TPSA) is 33.1 Å². The van der Waals surface area contributed by atoms with Crippen LogP contribution in [0.15, 0.2) is 24.0 Å². The van der Waals surface area contributed by atoms with Gasteiger partial charge in [-0.05, 0) is 23.1 Å². The van der Waals surface area contributed by atoms with Crippen LogP contribution in [0.4, 0.5) is 13.2 Å². The fraction of sp³-hybridized carbons (Fsp3) is 0.357. The molecule has 0 amide bonds. The van der Waals surface area contributed by atoms with Gasteiger partial charge >= 0.3 is 6.18 Å². The average Bonchev–Trinajstić information content (AvgIpc) is 2.67. The summed E-state index contributed by atoms with van der Waals surface area (Å²) in [6.45, 7) is 6.18. The summed E-state index contributed by atoms with van der Waals surface area (Å²) in [6, 6.07) is 5.63. The van der Waals surface area contributed by atoms with E-state index in [2.05, 4.69) is 25.8 Å². The van der Waals surface area contributed by atoms with Gasteiger partial charge in [-0.15, -0.1) is 11.3 Å². The van der Waals surface area contributed by atoms with E-state index in [9.17, 15) is 13.2 Å². The number of aromatic nitrogens is 1. The van der Waals surface area contributed by atoms with Crippen molar-refractivity contribution in [1.82, 2.24) is 4.98 Å². The van der Waals surface area contributed by atoms with E-state index in [0.717, 1.165) is 21.6 Å². The summed E-state index contributed by atoms with van der Waals surface area (Å²) in [7, 11) is 0. The molecule has 1 aromatic heterocycles. The lowest BCUT2D eigenvalue weighted by Gasteiger charge is -2.18. The Kier molecular flexibility index (Phi) is 3.54. The molecular weight excluding hydrogens is 287 g/mol. The summed E-state index contributed by atoms with van der Waals surface area (Å²) in [5, 5.41) is 9.09. The zero-order chi connectivity index (χ0) is 15.1. The number of hydrogen-bond acceptors (Lipinski definition) is 3. The van der Waals surface area contributed by atoms with Gasteiger partial charge in [0.2, 0.25) is 5.76 Å². The van der Waals surface area contributed by atoms with Crippen LogP contribution < -0.4 is 0 Å². The smallest absolute Gasteiger partial charge is 0.448 e. The zero-order valence-electron chi connectivity index (χ0n) is 11.2. The first kappa shape index (κ1) is 14.8. The van der Waals surface area contributed by atoms with Gasteiger partial charge in [-0.1, -0.05) is 26.8 Å². The lowest BCUT2D eigenvalue weighted by molar-refractivity contribution is -0.119. The molecule has 0 bridgehead atoms. The van der Waals surface area contributed by atoms with Gasteiger partial charge in [0, 0.05) is 6.08 Å². The van der Waals surface area contributed by atoms with Gasteiger partial charge in [-0.2, -0.15) is 13.2 Å².